The van der Waals surface area contributed by atoms with Gasteiger partial charge in [0.2, 0.25) is 0 Å². The first-order valence-electron chi connectivity index (χ1n) is 7.58. The summed E-state index contributed by atoms with van der Waals surface area (Å²) >= 11 is 35.3. The van der Waals surface area contributed by atoms with E-state index in [4.69, 9.17) is 79.8 Å². The maximum Gasteiger partial charge on any atom is 0.115 e. The van der Waals surface area contributed by atoms with Gasteiger partial charge in [-0.2, -0.15) is 0 Å². The van der Waals surface area contributed by atoms with E-state index in [2.05, 4.69) is 0 Å². The molecule has 3 rings (SSSR count). The highest BCUT2D eigenvalue weighted by atomic mass is 35.5. The van der Waals surface area contributed by atoms with Crippen molar-refractivity contribution >= 4 is 69.6 Å². The van der Waals surface area contributed by atoms with Gasteiger partial charge in [-0.25, -0.2) is 0 Å². The number of hydrogen-bond donors (Lipinski definition) is 2. The average Bonchev–Trinajstić information content (AvgIpc) is 2.65. The van der Waals surface area contributed by atoms with Crippen LogP contribution in [0.1, 0.15) is 0 Å². The fraction of sp³-hybridized carbons (Fsp3) is 0.333. The van der Waals surface area contributed by atoms with Gasteiger partial charge in [0, 0.05) is 0 Å². The molecule has 0 bridgehead atoms. The van der Waals surface area contributed by atoms with E-state index in [1.807, 2.05) is 12.1 Å². The number of benzene rings is 2. The molecule has 1 fully saturated rings. The van der Waals surface area contributed by atoms with Crippen LogP contribution in [0.3, 0.4) is 0 Å². The zero-order chi connectivity index (χ0) is 19.7. The highest BCUT2D eigenvalue weighted by Crippen LogP contribution is 2.39. The minimum atomic E-state index is -0.437. The van der Waals surface area contributed by atoms with Crippen molar-refractivity contribution in [3.8, 4) is 11.5 Å². The average molecular weight is 479 g/mol. The minimum absolute atomic E-state index is 0.322. The predicted octanol–water partition coefficient (Wildman–Crippen LogP) is 6.43. The van der Waals surface area contributed by atoms with Gasteiger partial charge in [0.15, 0.2) is 0 Å². The molecule has 2 N–H and O–H groups in total. The molecule has 2 aromatic rings. The van der Waals surface area contributed by atoms with Crippen LogP contribution >= 0.6 is 69.6 Å². The Morgan fingerprint density at radius 1 is 0.423 bits per heavy atom. The molecule has 26 heavy (non-hydrogen) atoms. The smallest absolute Gasteiger partial charge is 0.115 e. The molecule has 2 aromatic carbocycles. The van der Waals surface area contributed by atoms with Crippen LogP contribution in [0.4, 0.5) is 0 Å². The fourth-order valence-corrected chi connectivity index (χ4v) is 4.24. The van der Waals surface area contributed by atoms with Gasteiger partial charge in [0.1, 0.15) is 11.5 Å². The number of para-hydroxylation sites is 2. The summed E-state index contributed by atoms with van der Waals surface area (Å²) in [5, 5.41) is 14.6. The van der Waals surface area contributed by atoms with Crippen molar-refractivity contribution < 1.29 is 10.2 Å². The first-order chi connectivity index (χ1) is 12.3. The van der Waals surface area contributed by atoms with Crippen molar-refractivity contribution in [1.82, 2.24) is 0 Å². The normalized spacial score (nSPS) is 30.2. The van der Waals surface area contributed by atoms with Crippen molar-refractivity contribution in [1.29, 1.82) is 0 Å². The molecule has 1 aliphatic carbocycles. The third kappa shape index (κ3) is 7.80. The van der Waals surface area contributed by atoms with Gasteiger partial charge in [0.25, 0.3) is 0 Å². The molecule has 0 spiro atoms. The molecule has 144 valence electrons. The second-order valence-corrected chi connectivity index (χ2v) is 8.36. The van der Waals surface area contributed by atoms with Crippen LogP contribution in [-0.4, -0.2) is 42.5 Å². The summed E-state index contributed by atoms with van der Waals surface area (Å²) in [4.78, 5) is 0. The summed E-state index contributed by atoms with van der Waals surface area (Å²) in [6.07, 6.45) is 0. The van der Waals surface area contributed by atoms with Crippen LogP contribution < -0.4 is 0 Å². The Labute approximate surface area is 183 Å². The Kier molecular flexibility index (Phi) is 11.2. The van der Waals surface area contributed by atoms with E-state index in [0.717, 1.165) is 0 Å². The molecular weight excluding hydrogens is 461 g/mol. The van der Waals surface area contributed by atoms with E-state index in [1.54, 1.807) is 48.5 Å². The number of phenols is 2. The third-order valence-electron chi connectivity index (χ3n) is 3.34. The van der Waals surface area contributed by atoms with Crippen molar-refractivity contribution in [2.24, 2.45) is 0 Å². The second kappa shape index (κ2) is 12.3. The predicted molar refractivity (Wildman–Crippen MR) is 114 cm³/mol. The summed E-state index contributed by atoms with van der Waals surface area (Å²) < 4.78 is 0. The summed E-state index contributed by atoms with van der Waals surface area (Å²) in [7, 11) is 0. The molecule has 2 nitrogen and oxygen atoms in total. The third-order valence-corrected chi connectivity index (χ3v) is 7.37. The molecular formula is C18H18Cl6O2. The van der Waals surface area contributed by atoms with Crippen LogP contribution in [-0.2, 0) is 0 Å². The van der Waals surface area contributed by atoms with Crippen LogP contribution in [0.5, 0.6) is 11.5 Å². The van der Waals surface area contributed by atoms with E-state index in [-0.39, 0.29) is 0 Å². The summed E-state index contributed by atoms with van der Waals surface area (Å²) in [6.45, 7) is 0. The van der Waals surface area contributed by atoms with Gasteiger partial charge in [0.05, 0.1) is 32.3 Å². The van der Waals surface area contributed by atoms with Crippen molar-refractivity contribution in [3.05, 3.63) is 60.7 Å². The molecule has 8 heteroatoms. The van der Waals surface area contributed by atoms with Gasteiger partial charge in [-0.15, -0.1) is 69.6 Å². The Bertz CT molecular complexity index is 520. The van der Waals surface area contributed by atoms with Gasteiger partial charge in [-0.1, -0.05) is 36.4 Å². The topological polar surface area (TPSA) is 40.5 Å². The number of alkyl halides is 6. The number of aromatic hydroxyl groups is 2. The molecule has 0 unspecified atom stereocenters. The van der Waals surface area contributed by atoms with E-state index in [0.29, 0.717) is 11.5 Å². The van der Waals surface area contributed by atoms with Crippen LogP contribution in [0.2, 0.25) is 0 Å². The summed E-state index contributed by atoms with van der Waals surface area (Å²) in [6, 6.07) is 17.4. The zero-order valence-electron chi connectivity index (χ0n) is 13.4. The SMILES string of the molecule is ClC1C(Cl)C(Cl)C(Cl)C(Cl)C1Cl.Oc1ccccc1.Oc1ccccc1. The van der Waals surface area contributed by atoms with Gasteiger partial charge in [-0.3, -0.25) is 0 Å². The Morgan fingerprint density at radius 2 is 0.615 bits per heavy atom. The molecule has 0 aliphatic heterocycles. The molecule has 1 aliphatic rings. The minimum Gasteiger partial charge on any atom is -0.508 e. The van der Waals surface area contributed by atoms with Crippen molar-refractivity contribution in [3.63, 3.8) is 0 Å². The maximum atomic E-state index is 8.63. The lowest BCUT2D eigenvalue weighted by Gasteiger charge is -2.37. The zero-order valence-corrected chi connectivity index (χ0v) is 17.9. The lowest BCUT2D eigenvalue weighted by atomic mass is 9.97. The molecule has 0 atom stereocenters. The molecule has 0 radical (unpaired) electrons. The first-order valence-corrected chi connectivity index (χ1v) is 10.2. The summed E-state index contributed by atoms with van der Waals surface area (Å²) in [5.41, 5.74) is 0. The molecule has 0 heterocycles. The lowest BCUT2D eigenvalue weighted by Crippen LogP contribution is -2.52. The van der Waals surface area contributed by atoms with Gasteiger partial charge in [-0.05, 0) is 24.3 Å². The molecule has 0 amide bonds. The molecule has 1 saturated carbocycles. The highest BCUT2D eigenvalue weighted by Gasteiger charge is 2.46. The van der Waals surface area contributed by atoms with Crippen LogP contribution in [0, 0.1) is 0 Å². The van der Waals surface area contributed by atoms with E-state index in [1.165, 1.54) is 0 Å². The van der Waals surface area contributed by atoms with E-state index >= 15 is 0 Å². The van der Waals surface area contributed by atoms with Gasteiger partial charge >= 0.3 is 0 Å². The molecule has 0 saturated heterocycles. The van der Waals surface area contributed by atoms with Crippen molar-refractivity contribution in [2.75, 3.05) is 0 Å². The monoisotopic (exact) mass is 476 g/mol. The summed E-state index contributed by atoms with van der Waals surface area (Å²) in [5.74, 6) is 0.644. The van der Waals surface area contributed by atoms with Crippen molar-refractivity contribution in [2.45, 2.75) is 32.3 Å². The van der Waals surface area contributed by atoms with Crippen LogP contribution in [0.25, 0.3) is 0 Å². The Morgan fingerprint density at radius 3 is 0.731 bits per heavy atom. The second-order valence-electron chi connectivity index (χ2n) is 5.34. The van der Waals surface area contributed by atoms with E-state index < -0.39 is 32.3 Å². The van der Waals surface area contributed by atoms with E-state index in [9.17, 15) is 0 Å². The maximum absolute atomic E-state index is 8.63. The standard InChI is InChI=1S/C6H6Cl6.2C6H6O/c7-1-2(8)4(10)6(12)5(11)3(1)9;2*7-6-4-2-1-3-5-6/h1-6H;2*1-5,7H. The number of halogens is 6. The van der Waals surface area contributed by atoms with Crippen LogP contribution in [0.15, 0.2) is 60.7 Å². The molecule has 0 aromatic heterocycles. The largest absolute Gasteiger partial charge is 0.508 e. The first kappa shape index (κ1) is 23.8. The van der Waals surface area contributed by atoms with Gasteiger partial charge < -0.3 is 10.2 Å². The lowest BCUT2D eigenvalue weighted by molar-refractivity contribution is 0.475. The Hall–Kier alpha value is -0.220. The number of hydrogen-bond acceptors (Lipinski definition) is 2. The fourth-order valence-electron chi connectivity index (χ4n) is 1.91. The number of rotatable bonds is 0. The highest BCUT2D eigenvalue weighted by molar-refractivity contribution is 6.45. The number of phenolic OH excluding ortho intramolecular Hbond substituents is 2. The Balaban J connectivity index is 0.000000207. The quantitative estimate of drug-likeness (QED) is 0.428.